The molecule has 0 saturated carbocycles. The lowest BCUT2D eigenvalue weighted by Gasteiger charge is -2.22. The highest BCUT2D eigenvalue weighted by molar-refractivity contribution is 5.76. The molecule has 2 aliphatic heterocycles. The standard InChI is InChI=1S/C26H47NO2.C15H19FO3/c1-7-14-23(20-26(28-6)25-16-13-17-27-22(25)5)15-11-10-12-18-29-24(9-3)19-21(4)8-2;1-9(14(17)18)12-8-10(16)4-5-11(12)13-6-7-15(2,3)19-13/h14,20-21,24,27H,7-13,15-19H2,1-6H3;4-5,8-9,13H,6-7H2,1-3H3,(H,17,18)/b23-14+,26-20+;. The topological polar surface area (TPSA) is 77.0 Å². The van der Waals surface area contributed by atoms with Crippen LogP contribution in [0.4, 0.5) is 4.39 Å². The molecule has 272 valence electrons. The van der Waals surface area contributed by atoms with E-state index in [0.717, 1.165) is 75.3 Å². The molecule has 1 aromatic rings. The van der Waals surface area contributed by atoms with Gasteiger partial charge < -0.3 is 24.6 Å². The van der Waals surface area contributed by atoms with Crippen LogP contribution >= 0.6 is 0 Å². The first-order chi connectivity index (χ1) is 22.8. The van der Waals surface area contributed by atoms with Crippen LogP contribution < -0.4 is 5.32 Å². The number of allylic oxidation sites excluding steroid dienone is 5. The van der Waals surface area contributed by atoms with Gasteiger partial charge in [0.15, 0.2) is 0 Å². The van der Waals surface area contributed by atoms with E-state index in [1.165, 1.54) is 61.1 Å². The third kappa shape index (κ3) is 14.1. The maximum Gasteiger partial charge on any atom is 0.310 e. The highest BCUT2D eigenvalue weighted by Gasteiger charge is 2.34. The third-order valence-corrected chi connectivity index (χ3v) is 9.73. The summed E-state index contributed by atoms with van der Waals surface area (Å²) in [5.74, 6) is -0.304. The third-order valence-electron chi connectivity index (χ3n) is 9.73. The number of carboxylic acids is 1. The predicted molar refractivity (Wildman–Crippen MR) is 196 cm³/mol. The van der Waals surface area contributed by atoms with Gasteiger partial charge in [0.2, 0.25) is 0 Å². The zero-order valence-corrected chi connectivity index (χ0v) is 31.6. The van der Waals surface area contributed by atoms with Crippen molar-refractivity contribution in [2.45, 2.75) is 156 Å². The van der Waals surface area contributed by atoms with Crippen LogP contribution in [0.25, 0.3) is 0 Å². The minimum atomic E-state index is -0.955. The number of ether oxygens (including phenoxy) is 3. The minimum Gasteiger partial charge on any atom is -0.496 e. The first-order valence-electron chi connectivity index (χ1n) is 18.6. The Hall–Kier alpha value is -2.64. The Morgan fingerprint density at radius 1 is 1.17 bits per heavy atom. The second-order valence-corrected chi connectivity index (χ2v) is 14.2. The molecule has 0 aromatic heterocycles. The molecule has 0 amide bonds. The van der Waals surface area contributed by atoms with Gasteiger partial charge in [0.25, 0.3) is 0 Å². The van der Waals surface area contributed by atoms with E-state index >= 15 is 0 Å². The number of hydrogen-bond donors (Lipinski definition) is 2. The average Bonchev–Trinajstić information content (AvgIpc) is 3.43. The van der Waals surface area contributed by atoms with E-state index < -0.39 is 17.7 Å². The number of nitrogens with one attached hydrogen (secondary N) is 1. The molecule has 2 heterocycles. The van der Waals surface area contributed by atoms with E-state index in [1.54, 1.807) is 20.1 Å². The summed E-state index contributed by atoms with van der Waals surface area (Å²) in [6.45, 7) is 18.8. The summed E-state index contributed by atoms with van der Waals surface area (Å²) in [7, 11) is 1.80. The zero-order chi connectivity index (χ0) is 35.7. The maximum atomic E-state index is 13.4. The van der Waals surface area contributed by atoms with Gasteiger partial charge in [-0.05, 0) is 133 Å². The second-order valence-electron chi connectivity index (χ2n) is 14.2. The van der Waals surface area contributed by atoms with E-state index in [-0.39, 0.29) is 11.7 Å². The van der Waals surface area contributed by atoms with Crippen LogP contribution in [-0.4, -0.2) is 43.0 Å². The summed E-state index contributed by atoms with van der Waals surface area (Å²) in [5, 5.41) is 12.6. The average molecular weight is 672 g/mol. The second kappa shape index (κ2) is 21.4. The predicted octanol–water partition coefficient (Wildman–Crippen LogP) is 10.9. The molecule has 1 aromatic carbocycles. The van der Waals surface area contributed by atoms with Gasteiger partial charge in [-0.3, -0.25) is 4.79 Å². The molecule has 0 bridgehead atoms. The maximum absolute atomic E-state index is 13.4. The lowest BCUT2D eigenvalue weighted by atomic mass is 9.91. The van der Waals surface area contributed by atoms with Gasteiger partial charge in [-0.15, -0.1) is 0 Å². The first-order valence-corrected chi connectivity index (χ1v) is 18.6. The number of aliphatic carboxylic acids is 1. The number of carboxylic acid groups (broad SMARTS) is 1. The first kappa shape index (κ1) is 41.5. The Kier molecular flexibility index (Phi) is 18.6. The number of methoxy groups -OCH3 is 1. The molecular formula is C41H66FNO5. The SMILES string of the molecule is CC(C(=O)O)c1cc(F)ccc1C1CCC(C)(C)O1.CC/C=C(/C=C(/OC)C1=C(C)NCCC1)CCCCCOC(CC)CC(C)CC. The molecule has 0 aliphatic carbocycles. The van der Waals surface area contributed by atoms with Crippen molar-refractivity contribution < 1.29 is 28.5 Å². The van der Waals surface area contributed by atoms with Crippen LogP contribution in [0.2, 0.25) is 0 Å². The molecule has 1 saturated heterocycles. The van der Waals surface area contributed by atoms with Crippen molar-refractivity contribution >= 4 is 5.97 Å². The molecule has 4 unspecified atom stereocenters. The molecule has 7 heteroatoms. The van der Waals surface area contributed by atoms with Crippen LogP contribution in [0.15, 0.2) is 53.0 Å². The molecule has 2 N–H and O–H groups in total. The normalized spacial score (nSPS) is 20.0. The molecular weight excluding hydrogens is 605 g/mol. The van der Waals surface area contributed by atoms with E-state index in [4.69, 9.17) is 19.3 Å². The number of benzene rings is 1. The molecule has 3 rings (SSSR count). The fourth-order valence-corrected chi connectivity index (χ4v) is 6.45. The van der Waals surface area contributed by atoms with Crippen molar-refractivity contribution in [3.05, 3.63) is 69.9 Å². The van der Waals surface area contributed by atoms with Crippen molar-refractivity contribution in [3.8, 4) is 0 Å². The number of carbonyl (C=O) groups is 1. The van der Waals surface area contributed by atoms with E-state index in [1.807, 2.05) is 13.8 Å². The molecule has 4 atom stereocenters. The van der Waals surface area contributed by atoms with Crippen molar-refractivity contribution in [2.75, 3.05) is 20.3 Å². The molecule has 2 aliphatic rings. The van der Waals surface area contributed by atoms with E-state index in [2.05, 4.69) is 52.1 Å². The van der Waals surface area contributed by atoms with Gasteiger partial charge in [-0.25, -0.2) is 4.39 Å². The number of unbranched alkanes of at least 4 members (excludes halogenated alkanes) is 2. The molecule has 48 heavy (non-hydrogen) atoms. The largest absolute Gasteiger partial charge is 0.496 e. The summed E-state index contributed by atoms with van der Waals surface area (Å²) in [4.78, 5) is 11.1. The lowest BCUT2D eigenvalue weighted by molar-refractivity contribution is -0.138. The van der Waals surface area contributed by atoms with Crippen molar-refractivity contribution in [1.29, 1.82) is 0 Å². The van der Waals surface area contributed by atoms with E-state index in [0.29, 0.717) is 11.7 Å². The minimum absolute atomic E-state index is 0.146. The molecule has 6 nitrogen and oxygen atoms in total. The Bertz CT molecular complexity index is 1220. The van der Waals surface area contributed by atoms with Gasteiger partial charge in [0.1, 0.15) is 11.6 Å². The quantitative estimate of drug-likeness (QED) is 0.0919. The van der Waals surface area contributed by atoms with Gasteiger partial charge >= 0.3 is 5.97 Å². The number of rotatable bonds is 18. The molecule has 0 spiro atoms. The van der Waals surface area contributed by atoms with Crippen molar-refractivity contribution in [1.82, 2.24) is 5.32 Å². The zero-order valence-electron chi connectivity index (χ0n) is 31.6. The lowest BCUT2D eigenvalue weighted by Crippen LogP contribution is -2.21. The van der Waals surface area contributed by atoms with Gasteiger partial charge in [-0.1, -0.05) is 52.7 Å². The summed E-state index contributed by atoms with van der Waals surface area (Å²) < 4.78 is 31.2. The molecule has 1 fully saturated rings. The monoisotopic (exact) mass is 671 g/mol. The van der Waals surface area contributed by atoms with Gasteiger partial charge in [0, 0.05) is 24.4 Å². The van der Waals surface area contributed by atoms with Gasteiger partial charge in [-0.2, -0.15) is 0 Å². The van der Waals surface area contributed by atoms with Gasteiger partial charge in [0.05, 0.1) is 30.8 Å². The van der Waals surface area contributed by atoms with Crippen LogP contribution in [0.1, 0.15) is 156 Å². The highest BCUT2D eigenvalue weighted by Crippen LogP contribution is 2.41. The fraction of sp³-hybridized carbons (Fsp3) is 0.683. The van der Waals surface area contributed by atoms with E-state index in [9.17, 15) is 9.18 Å². The highest BCUT2D eigenvalue weighted by atomic mass is 19.1. The number of halogens is 1. The van der Waals surface area contributed by atoms with Crippen molar-refractivity contribution in [3.63, 3.8) is 0 Å². The van der Waals surface area contributed by atoms with Crippen molar-refractivity contribution in [2.24, 2.45) is 5.92 Å². The van der Waals surface area contributed by atoms with Crippen LogP contribution in [0.3, 0.4) is 0 Å². The number of hydrogen-bond acceptors (Lipinski definition) is 5. The smallest absolute Gasteiger partial charge is 0.310 e. The van der Waals surface area contributed by atoms with Crippen LogP contribution in [-0.2, 0) is 19.0 Å². The fourth-order valence-electron chi connectivity index (χ4n) is 6.45. The Labute approximate surface area is 291 Å². The molecule has 0 radical (unpaired) electrons. The summed E-state index contributed by atoms with van der Waals surface area (Å²) >= 11 is 0. The summed E-state index contributed by atoms with van der Waals surface area (Å²) in [6.07, 6.45) is 18.3. The Morgan fingerprint density at radius 3 is 2.50 bits per heavy atom. The summed E-state index contributed by atoms with van der Waals surface area (Å²) in [5.41, 5.74) is 5.10. The summed E-state index contributed by atoms with van der Waals surface area (Å²) in [6, 6.07) is 4.32. The van der Waals surface area contributed by atoms with Crippen LogP contribution in [0, 0.1) is 11.7 Å². The Morgan fingerprint density at radius 2 is 1.92 bits per heavy atom. The Balaban J connectivity index is 0.000000362. The van der Waals surface area contributed by atoms with Crippen LogP contribution in [0.5, 0.6) is 0 Å².